The number of rotatable bonds is 6. The van der Waals surface area contributed by atoms with Gasteiger partial charge in [0, 0.05) is 31.7 Å². The predicted octanol–water partition coefficient (Wildman–Crippen LogP) is 2.62. The summed E-state index contributed by atoms with van der Waals surface area (Å²) in [6.45, 7) is 6.33. The van der Waals surface area contributed by atoms with Crippen LogP contribution in [-0.2, 0) is 16.1 Å². The molecule has 4 nitrogen and oxygen atoms in total. The molecule has 4 heteroatoms. The molecule has 1 aromatic carbocycles. The highest BCUT2D eigenvalue weighted by atomic mass is 16.5. The Bertz CT molecular complexity index is 473. The minimum absolute atomic E-state index is 0.0256. The second kappa shape index (κ2) is 7.57. The van der Waals surface area contributed by atoms with Gasteiger partial charge in [0.2, 0.25) is 0 Å². The SMILES string of the molecule is COCc1cccc(C(=O)NCC2CCOC2C(C)C)c1. The van der Waals surface area contributed by atoms with Crippen molar-refractivity contribution in [1.29, 1.82) is 0 Å². The molecule has 2 unspecified atom stereocenters. The highest BCUT2D eigenvalue weighted by Crippen LogP contribution is 2.26. The summed E-state index contributed by atoms with van der Waals surface area (Å²) in [7, 11) is 1.65. The largest absolute Gasteiger partial charge is 0.380 e. The summed E-state index contributed by atoms with van der Waals surface area (Å²) >= 11 is 0. The third-order valence-electron chi connectivity index (χ3n) is 3.95. The van der Waals surface area contributed by atoms with Crippen molar-refractivity contribution in [2.24, 2.45) is 11.8 Å². The molecule has 0 radical (unpaired) electrons. The molecule has 2 rings (SSSR count). The fourth-order valence-corrected chi connectivity index (χ4v) is 2.91. The fourth-order valence-electron chi connectivity index (χ4n) is 2.91. The van der Waals surface area contributed by atoms with E-state index in [9.17, 15) is 4.79 Å². The maximum absolute atomic E-state index is 12.2. The summed E-state index contributed by atoms with van der Waals surface area (Å²) in [4.78, 5) is 12.2. The van der Waals surface area contributed by atoms with Crippen LogP contribution in [-0.4, -0.2) is 32.3 Å². The molecule has 21 heavy (non-hydrogen) atoms. The molecule has 1 fully saturated rings. The molecular weight excluding hydrogens is 266 g/mol. The summed E-state index contributed by atoms with van der Waals surface area (Å²) in [5.41, 5.74) is 1.69. The van der Waals surface area contributed by atoms with Crippen molar-refractivity contribution in [3.63, 3.8) is 0 Å². The lowest BCUT2D eigenvalue weighted by atomic mass is 9.93. The topological polar surface area (TPSA) is 47.6 Å². The molecule has 0 spiro atoms. The van der Waals surface area contributed by atoms with Crippen molar-refractivity contribution in [2.75, 3.05) is 20.3 Å². The molecule has 1 aliphatic rings. The summed E-state index contributed by atoms with van der Waals surface area (Å²) in [6, 6.07) is 7.56. The van der Waals surface area contributed by atoms with Crippen LogP contribution in [0.5, 0.6) is 0 Å². The van der Waals surface area contributed by atoms with Crippen molar-refractivity contribution >= 4 is 5.91 Å². The van der Waals surface area contributed by atoms with E-state index in [1.807, 2.05) is 24.3 Å². The van der Waals surface area contributed by atoms with E-state index in [2.05, 4.69) is 19.2 Å². The van der Waals surface area contributed by atoms with Gasteiger partial charge in [-0.2, -0.15) is 0 Å². The molecule has 1 heterocycles. The smallest absolute Gasteiger partial charge is 0.251 e. The summed E-state index contributed by atoms with van der Waals surface area (Å²) < 4.78 is 10.8. The number of nitrogens with one attached hydrogen (secondary N) is 1. The first kappa shape index (κ1) is 16.0. The molecule has 0 aromatic heterocycles. The molecule has 1 N–H and O–H groups in total. The van der Waals surface area contributed by atoms with E-state index in [0.29, 0.717) is 30.6 Å². The average molecular weight is 291 g/mol. The molecule has 0 saturated carbocycles. The van der Waals surface area contributed by atoms with Crippen molar-refractivity contribution in [3.8, 4) is 0 Å². The number of hydrogen-bond donors (Lipinski definition) is 1. The zero-order chi connectivity index (χ0) is 15.2. The monoisotopic (exact) mass is 291 g/mol. The Hall–Kier alpha value is -1.39. The van der Waals surface area contributed by atoms with Crippen molar-refractivity contribution in [2.45, 2.75) is 33.0 Å². The first-order chi connectivity index (χ1) is 10.1. The normalized spacial score (nSPS) is 21.7. The Balaban J connectivity index is 1.91. The first-order valence-electron chi connectivity index (χ1n) is 7.59. The number of ether oxygens (including phenoxy) is 2. The lowest BCUT2D eigenvalue weighted by Gasteiger charge is -2.22. The highest BCUT2D eigenvalue weighted by molar-refractivity contribution is 5.94. The van der Waals surface area contributed by atoms with Gasteiger partial charge in [-0.05, 0) is 30.0 Å². The third-order valence-corrected chi connectivity index (χ3v) is 3.95. The number of amides is 1. The number of carbonyl (C=O) groups excluding carboxylic acids is 1. The lowest BCUT2D eigenvalue weighted by Crippen LogP contribution is -2.34. The number of hydrogen-bond acceptors (Lipinski definition) is 3. The van der Waals surface area contributed by atoms with Crippen LogP contribution in [0.1, 0.15) is 36.2 Å². The van der Waals surface area contributed by atoms with Gasteiger partial charge in [0.25, 0.3) is 5.91 Å². The van der Waals surface area contributed by atoms with E-state index in [0.717, 1.165) is 18.6 Å². The molecule has 0 aliphatic carbocycles. The zero-order valence-electron chi connectivity index (χ0n) is 13.1. The Morgan fingerprint density at radius 2 is 2.29 bits per heavy atom. The van der Waals surface area contributed by atoms with Gasteiger partial charge in [0.15, 0.2) is 0 Å². The minimum Gasteiger partial charge on any atom is -0.380 e. The minimum atomic E-state index is -0.0256. The van der Waals surface area contributed by atoms with Gasteiger partial charge in [0.1, 0.15) is 0 Å². The van der Waals surface area contributed by atoms with Gasteiger partial charge in [-0.3, -0.25) is 4.79 Å². The second-order valence-electron chi connectivity index (χ2n) is 5.97. The fraction of sp³-hybridized carbons (Fsp3) is 0.588. The van der Waals surface area contributed by atoms with Crippen LogP contribution in [0.2, 0.25) is 0 Å². The summed E-state index contributed by atoms with van der Waals surface area (Å²) in [5.74, 6) is 0.873. The zero-order valence-corrected chi connectivity index (χ0v) is 13.1. The van der Waals surface area contributed by atoms with Gasteiger partial charge >= 0.3 is 0 Å². The van der Waals surface area contributed by atoms with Crippen LogP contribution in [0.4, 0.5) is 0 Å². The Morgan fingerprint density at radius 3 is 3.00 bits per heavy atom. The van der Waals surface area contributed by atoms with E-state index in [4.69, 9.17) is 9.47 Å². The molecule has 2 atom stereocenters. The van der Waals surface area contributed by atoms with E-state index in [1.165, 1.54) is 0 Å². The lowest BCUT2D eigenvalue weighted by molar-refractivity contribution is 0.0533. The summed E-state index contributed by atoms with van der Waals surface area (Å²) in [6.07, 6.45) is 1.28. The van der Waals surface area contributed by atoms with E-state index < -0.39 is 0 Å². The van der Waals surface area contributed by atoms with E-state index >= 15 is 0 Å². The van der Waals surface area contributed by atoms with Gasteiger partial charge < -0.3 is 14.8 Å². The van der Waals surface area contributed by atoms with E-state index in [-0.39, 0.29) is 12.0 Å². The van der Waals surface area contributed by atoms with Gasteiger partial charge in [-0.1, -0.05) is 26.0 Å². The molecule has 0 bridgehead atoms. The highest BCUT2D eigenvalue weighted by Gasteiger charge is 2.30. The van der Waals surface area contributed by atoms with Gasteiger partial charge in [-0.25, -0.2) is 0 Å². The first-order valence-corrected chi connectivity index (χ1v) is 7.59. The van der Waals surface area contributed by atoms with Crippen molar-refractivity contribution in [3.05, 3.63) is 35.4 Å². The second-order valence-corrected chi connectivity index (χ2v) is 5.97. The Morgan fingerprint density at radius 1 is 1.48 bits per heavy atom. The van der Waals surface area contributed by atoms with Crippen LogP contribution in [0, 0.1) is 11.8 Å². The Labute approximate surface area is 126 Å². The molecule has 1 amide bonds. The van der Waals surface area contributed by atoms with Crippen LogP contribution in [0.25, 0.3) is 0 Å². The van der Waals surface area contributed by atoms with Crippen molar-refractivity contribution < 1.29 is 14.3 Å². The maximum Gasteiger partial charge on any atom is 0.251 e. The number of carbonyl (C=O) groups is 1. The maximum atomic E-state index is 12.2. The van der Waals surface area contributed by atoms with Crippen LogP contribution < -0.4 is 5.32 Å². The average Bonchev–Trinajstić information content (AvgIpc) is 2.94. The molecule has 116 valence electrons. The predicted molar refractivity (Wildman–Crippen MR) is 82.2 cm³/mol. The van der Waals surface area contributed by atoms with E-state index in [1.54, 1.807) is 7.11 Å². The number of benzene rings is 1. The Kier molecular flexibility index (Phi) is 5.76. The van der Waals surface area contributed by atoms with Crippen molar-refractivity contribution in [1.82, 2.24) is 5.32 Å². The van der Waals surface area contributed by atoms with Gasteiger partial charge in [-0.15, -0.1) is 0 Å². The standard InChI is InChI=1S/C17H25NO3/c1-12(2)16-15(7-8-21-16)10-18-17(19)14-6-4-5-13(9-14)11-20-3/h4-6,9,12,15-16H,7-8,10-11H2,1-3H3,(H,18,19). The summed E-state index contributed by atoms with van der Waals surface area (Å²) in [5, 5.41) is 3.04. The van der Waals surface area contributed by atoms with Gasteiger partial charge in [0.05, 0.1) is 12.7 Å². The van der Waals surface area contributed by atoms with Crippen LogP contribution in [0.3, 0.4) is 0 Å². The third kappa shape index (κ3) is 4.29. The molecule has 1 saturated heterocycles. The van der Waals surface area contributed by atoms with Crippen LogP contribution in [0.15, 0.2) is 24.3 Å². The van der Waals surface area contributed by atoms with Crippen LogP contribution >= 0.6 is 0 Å². The molecule has 1 aromatic rings. The quantitative estimate of drug-likeness (QED) is 0.876. The number of methoxy groups -OCH3 is 1. The molecular formula is C17H25NO3. The molecule has 1 aliphatic heterocycles.